The summed E-state index contributed by atoms with van der Waals surface area (Å²) >= 11 is 5.79. The second kappa shape index (κ2) is 3.94. The smallest absolute Gasteiger partial charge is 0.128 e. The molecule has 1 atom stereocenters. The molecule has 0 saturated carbocycles. The van der Waals surface area contributed by atoms with Gasteiger partial charge in [0.15, 0.2) is 0 Å². The zero-order valence-corrected chi connectivity index (χ0v) is 8.55. The minimum absolute atomic E-state index is 0.105. The fraction of sp³-hybridized carbons (Fsp3) is 0.444. The Labute approximate surface area is 83.1 Å². The van der Waals surface area contributed by atoms with E-state index < -0.39 is 0 Å². The van der Waals surface area contributed by atoms with Crippen LogP contribution in [0.1, 0.15) is 25.5 Å². The second-order valence-corrected chi connectivity index (χ2v) is 3.83. The van der Waals surface area contributed by atoms with E-state index in [1.807, 2.05) is 13.8 Å². The summed E-state index contributed by atoms with van der Waals surface area (Å²) in [6.07, 6.45) is 1.52. The number of nitrogens with two attached hydrogens (primary N) is 2. The number of hydrogen-bond donors (Lipinski definition) is 2. The average Bonchev–Trinajstić information content (AvgIpc) is 2.08. The third kappa shape index (κ3) is 2.32. The molecule has 1 aromatic heterocycles. The molecule has 0 spiro atoms. The predicted molar refractivity (Wildman–Crippen MR) is 55.4 cm³/mol. The quantitative estimate of drug-likeness (QED) is 0.766. The van der Waals surface area contributed by atoms with Crippen LogP contribution in [-0.4, -0.2) is 4.98 Å². The van der Waals surface area contributed by atoms with Gasteiger partial charge in [0.1, 0.15) is 5.82 Å². The van der Waals surface area contributed by atoms with Gasteiger partial charge >= 0.3 is 0 Å². The number of aromatic nitrogens is 1. The number of nitrogen functional groups attached to an aromatic ring is 1. The minimum Gasteiger partial charge on any atom is -0.383 e. The van der Waals surface area contributed by atoms with Gasteiger partial charge in [0.2, 0.25) is 0 Å². The summed E-state index contributed by atoms with van der Waals surface area (Å²) in [5.41, 5.74) is 12.4. The molecule has 4 heteroatoms. The van der Waals surface area contributed by atoms with Crippen LogP contribution < -0.4 is 11.5 Å². The Bertz CT molecular complexity index is 299. The molecule has 0 amide bonds. The van der Waals surface area contributed by atoms with Gasteiger partial charge in [-0.3, -0.25) is 0 Å². The number of pyridine rings is 1. The summed E-state index contributed by atoms with van der Waals surface area (Å²) in [4.78, 5) is 3.95. The topological polar surface area (TPSA) is 64.9 Å². The van der Waals surface area contributed by atoms with Gasteiger partial charge in [-0.2, -0.15) is 0 Å². The summed E-state index contributed by atoms with van der Waals surface area (Å²) < 4.78 is 0. The first-order chi connectivity index (χ1) is 6.02. The van der Waals surface area contributed by atoms with Crippen LogP contribution in [0.2, 0.25) is 5.02 Å². The highest BCUT2D eigenvalue weighted by Gasteiger charge is 2.14. The van der Waals surface area contributed by atoms with Crippen LogP contribution in [0, 0.1) is 5.92 Å². The zero-order valence-electron chi connectivity index (χ0n) is 7.79. The van der Waals surface area contributed by atoms with Gasteiger partial charge in [-0.15, -0.1) is 0 Å². The SMILES string of the molecule is CC(C)C(N)c1cc(Cl)cnc1N. The lowest BCUT2D eigenvalue weighted by Crippen LogP contribution is -2.18. The van der Waals surface area contributed by atoms with Gasteiger partial charge in [0.25, 0.3) is 0 Å². The van der Waals surface area contributed by atoms with Crippen LogP contribution >= 0.6 is 11.6 Å². The number of rotatable bonds is 2. The Morgan fingerprint density at radius 2 is 2.08 bits per heavy atom. The lowest BCUT2D eigenvalue weighted by molar-refractivity contribution is 0.514. The minimum atomic E-state index is -0.105. The molecule has 0 bridgehead atoms. The fourth-order valence-electron chi connectivity index (χ4n) is 1.09. The van der Waals surface area contributed by atoms with Gasteiger partial charge in [0.05, 0.1) is 5.02 Å². The highest BCUT2D eigenvalue weighted by molar-refractivity contribution is 6.30. The van der Waals surface area contributed by atoms with Crippen molar-refractivity contribution in [3.63, 3.8) is 0 Å². The third-order valence-electron chi connectivity index (χ3n) is 1.99. The highest BCUT2D eigenvalue weighted by atomic mass is 35.5. The van der Waals surface area contributed by atoms with Gasteiger partial charge in [-0.25, -0.2) is 4.98 Å². The molecule has 1 heterocycles. The van der Waals surface area contributed by atoms with E-state index in [2.05, 4.69) is 4.98 Å². The number of halogens is 1. The van der Waals surface area contributed by atoms with Crippen LogP contribution in [0.15, 0.2) is 12.3 Å². The lowest BCUT2D eigenvalue weighted by Gasteiger charge is -2.17. The molecule has 1 unspecified atom stereocenters. The van der Waals surface area contributed by atoms with Crippen molar-refractivity contribution in [3.05, 3.63) is 22.8 Å². The molecule has 0 aliphatic carbocycles. The van der Waals surface area contributed by atoms with E-state index in [-0.39, 0.29) is 6.04 Å². The van der Waals surface area contributed by atoms with Crippen LogP contribution in [0.25, 0.3) is 0 Å². The molecule has 13 heavy (non-hydrogen) atoms. The van der Waals surface area contributed by atoms with Crippen molar-refractivity contribution in [2.45, 2.75) is 19.9 Å². The van der Waals surface area contributed by atoms with E-state index in [1.54, 1.807) is 6.07 Å². The Hall–Kier alpha value is -0.800. The Morgan fingerprint density at radius 3 is 2.62 bits per heavy atom. The molecule has 4 N–H and O–H groups in total. The maximum Gasteiger partial charge on any atom is 0.128 e. The lowest BCUT2D eigenvalue weighted by atomic mass is 9.98. The molecule has 72 valence electrons. The highest BCUT2D eigenvalue weighted by Crippen LogP contribution is 2.25. The maximum atomic E-state index is 5.93. The zero-order chi connectivity index (χ0) is 10.0. The molecule has 0 aromatic carbocycles. The fourth-order valence-corrected chi connectivity index (χ4v) is 1.26. The number of anilines is 1. The number of hydrogen-bond acceptors (Lipinski definition) is 3. The molecule has 0 radical (unpaired) electrons. The molecular formula is C9H14ClN3. The Balaban J connectivity index is 3.05. The van der Waals surface area contributed by atoms with Crippen LogP contribution in [0.5, 0.6) is 0 Å². The van der Waals surface area contributed by atoms with Crippen molar-refractivity contribution < 1.29 is 0 Å². The molecule has 1 aromatic rings. The first-order valence-electron chi connectivity index (χ1n) is 4.19. The monoisotopic (exact) mass is 199 g/mol. The van der Waals surface area contributed by atoms with Crippen molar-refractivity contribution in [3.8, 4) is 0 Å². The van der Waals surface area contributed by atoms with E-state index in [0.717, 1.165) is 5.56 Å². The van der Waals surface area contributed by atoms with Gasteiger partial charge < -0.3 is 11.5 Å². The maximum absolute atomic E-state index is 5.93. The molecule has 0 fully saturated rings. The largest absolute Gasteiger partial charge is 0.383 e. The standard InChI is InChI=1S/C9H14ClN3/c1-5(2)8(11)7-3-6(10)4-13-9(7)12/h3-5,8H,11H2,1-2H3,(H2,12,13). The molecule has 0 saturated heterocycles. The summed E-state index contributed by atoms with van der Waals surface area (Å²) in [6.45, 7) is 4.07. The first-order valence-corrected chi connectivity index (χ1v) is 4.56. The predicted octanol–water partition coefficient (Wildman–Crippen LogP) is 1.97. The molecule has 0 aliphatic heterocycles. The van der Waals surface area contributed by atoms with E-state index in [4.69, 9.17) is 23.1 Å². The van der Waals surface area contributed by atoms with Crippen LogP contribution in [0.4, 0.5) is 5.82 Å². The molecule has 1 rings (SSSR count). The van der Waals surface area contributed by atoms with Crippen molar-refractivity contribution in [1.82, 2.24) is 4.98 Å². The van der Waals surface area contributed by atoms with Crippen molar-refractivity contribution in [2.24, 2.45) is 11.7 Å². The van der Waals surface area contributed by atoms with E-state index in [0.29, 0.717) is 16.8 Å². The van der Waals surface area contributed by atoms with Gasteiger partial charge in [-0.1, -0.05) is 25.4 Å². The van der Waals surface area contributed by atoms with Crippen LogP contribution in [-0.2, 0) is 0 Å². The summed E-state index contributed by atoms with van der Waals surface area (Å²) in [5, 5.41) is 0.570. The Morgan fingerprint density at radius 1 is 1.46 bits per heavy atom. The second-order valence-electron chi connectivity index (χ2n) is 3.40. The molecular weight excluding hydrogens is 186 g/mol. The summed E-state index contributed by atoms with van der Waals surface area (Å²) in [6, 6.07) is 1.67. The average molecular weight is 200 g/mol. The van der Waals surface area contributed by atoms with Gasteiger partial charge in [0, 0.05) is 17.8 Å². The first kappa shape index (κ1) is 10.3. The van der Waals surface area contributed by atoms with Gasteiger partial charge in [-0.05, 0) is 12.0 Å². The van der Waals surface area contributed by atoms with Crippen molar-refractivity contribution in [1.29, 1.82) is 0 Å². The van der Waals surface area contributed by atoms with Crippen LogP contribution in [0.3, 0.4) is 0 Å². The third-order valence-corrected chi connectivity index (χ3v) is 2.20. The van der Waals surface area contributed by atoms with Crippen molar-refractivity contribution >= 4 is 17.4 Å². The van der Waals surface area contributed by atoms with E-state index in [9.17, 15) is 0 Å². The Kier molecular flexibility index (Phi) is 3.12. The number of nitrogens with zero attached hydrogens (tertiary/aromatic N) is 1. The van der Waals surface area contributed by atoms with E-state index >= 15 is 0 Å². The summed E-state index contributed by atoms with van der Waals surface area (Å²) in [5.74, 6) is 0.785. The summed E-state index contributed by atoms with van der Waals surface area (Å²) in [7, 11) is 0. The molecule has 0 aliphatic rings. The normalized spacial score (nSPS) is 13.3. The molecule has 3 nitrogen and oxygen atoms in total. The van der Waals surface area contributed by atoms with Crippen molar-refractivity contribution in [2.75, 3.05) is 5.73 Å². The van der Waals surface area contributed by atoms with E-state index in [1.165, 1.54) is 6.20 Å².